The molecule has 6 heteroatoms. The van der Waals surface area contributed by atoms with Crippen LogP contribution in [0.1, 0.15) is 12.2 Å². The van der Waals surface area contributed by atoms with Crippen LogP contribution in [0.3, 0.4) is 0 Å². The fraction of sp³-hybridized carbons (Fsp3) is 0.286. The molecule has 0 atom stereocenters. The first kappa shape index (κ1) is 13.9. The number of nitrogens with zero attached hydrogens (tertiary/aromatic N) is 2. The lowest BCUT2D eigenvalue weighted by atomic mass is 10.3. The summed E-state index contributed by atoms with van der Waals surface area (Å²) in [6, 6.07) is 7.15. The van der Waals surface area contributed by atoms with E-state index in [0.717, 1.165) is 5.82 Å². The number of amides is 1. The summed E-state index contributed by atoms with van der Waals surface area (Å²) in [5.41, 5.74) is 6.29. The van der Waals surface area contributed by atoms with Crippen LogP contribution in [0, 0.1) is 0 Å². The number of nitrogen functional groups attached to an aromatic ring is 1. The Morgan fingerprint density at radius 3 is 3.05 bits per heavy atom. The largest absolute Gasteiger partial charge is 0.493 e. The number of rotatable bonds is 6. The number of carbonyl (C=O) groups is 1. The average molecular weight is 274 g/mol. The molecule has 1 heterocycles. The van der Waals surface area contributed by atoms with E-state index in [1.165, 1.54) is 0 Å². The van der Waals surface area contributed by atoms with E-state index < -0.39 is 0 Å². The van der Waals surface area contributed by atoms with Gasteiger partial charge in [-0.15, -0.1) is 0 Å². The number of ether oxygens (including phenoxy) is 1. The van der Waals surface area contributed by atoms with Crippen molar-refractivity contribution in [2.45, 2.75) is 13.0 Å². The van der Waals surface area contributed by atoms with Crippen molar-refractivity contribution in [3.8, 4) is 5.75 Å². The van der Waals surface area contributed by atoms with Gasteiger partial charge in [0.05, 0.1) is 19.6 Å². The first-order valence-electron chi connectivity index (χ1n) is 6.35. The van der Waals surface area contributed by atoms with Crippen molar-refractivity contribution in [1.82, 2.24) is 14.9 Å². The molecule has 1 aromatic heterocycles. The van der Waals surface area contributed by atoms with Crippen molar-refractivity contribution < 1.29 is 9.53 Å². The third kappa shape index (κ3) is 4.01. The number of benzene rings is 1. The maximum Gasteiger partial charge on any atom is 0.226 e. The number of aromatic nitrogens is 2. The predicted molar refractivity (Wildman–Crippen MR) is 76.0 cm³/mol. The second-order valence-corrected chi connectivity index (χ2v) is 4.46. The SMILES string of the molecule is CN(Cc1ncc[nH]1)C(=O)CCOc1cccc(N)c1. The normalized spacial score (nSPS) is 10.2. The lowest BCUT2D eigenvalue weighted by Gasteiger charge is -2.16. The maximum absolute atomic E-state index is 11.9. The third-order valence-corrected chi connectivity index (χ3v) is 2.81. The predicted octanol–water partition coefficient (Wildman–Crippen LogP) is 1.42. The van der Waals surface area contributed by atoms with Gasteiger partial charge in [-0.05, 0) is 12.1 Å². The van der Waals surface area contributed by atoms with Crippen molar-refractivity contribution in [2.24, 2.45) is 0 Å². The van der Waals surface area contributed by atoms with Gasteiger partial charge in [-0.3, -0.25) is 4.79 Å². The van der Waals surface area contributed by atoms with E-state index in [1.807, 2.05) is 12.1 Å². The Morgan fingerprint density at radius 2 is 2.35 bits per heavy atom. The van der Waals surface area contributed by atoms with Gasteiger partial charge >= 0.3 is 0 Å². The average Bonchev–Trinajstić information content (AvgIpc) is 2.91. The van der Waals surface area contributed by atoms with Crippen LogP contribution >= 0.6 is 0 Å². The Kier molecular flexibility index (Phi) is 4.60. The summed E-state index contributed by atoms with van der Waals surface area (Å²) in [7, 11) is 1.74. The number of hydrogen-bond donors (Lipinski definition) is 2. The molecule has 0 saturated carbocycles. The van der Waals surface area contributed by atoms with Gasteiger partial charge in [-0.2, -0.15) is 0 Å². The van der Waals surface area contributed by atoms with Gasteiger partial charge in [-0.1, -0.05) is 6.07 Å². The summed E-state index contributed by atoms with van der Waals surface area (Å²) in [6.45, 7) is 0.787. The van der Waals surface area contributed by atoms with E-state index in [1.54, 1.807) is 36.5 Å². The van der Waals surface area contributed by atoms with Gasteiger partial charge in [0.25, 0.3) is 0 Å². The van der Waals surface area contributed by atoms with Gasteiger partial charge < -0.3 is 20.4 Å². The first-order valence-corrected chi connectivity index (χ1v) is 6.35. The summed E-state index contributed by atoms with van der Waals surface area (Å²) in [5.74, 6) is 1.44. The molecule has 0 saturated heterocycles. The number of anilines is 1. The van der Waals surface area contributed by atoms with Gasteiger partial charge in [-0.25, -0.2) is 4.98 Å². The fourth-order valence-corrected chi connectivity index (χ4v) is 1.75. The molecular formula is C14H18N4O2. The summed E-state index contributed by atoms with van der Waals surface area (Å²) in [6.07, 6.45) is 3.71. The van der Waals surface area contributed by atoms with Crippen LogP contribution in [0.15, 0.2) is 36.7 Å². The molecule has 0 spiro atoms. The van der Waals surface area contributed by atoms with Gasteiger partial charge in [0.1, 0.15) is 11.6 Å². The van der Waals surface area contributed by atoms with E-state index in [4.69, 9.17) is 10.5 Å². The van der Waals surface area contributed by atoms with E-state index in [-0.39, 0.29) is 5.91 Å². The van der Waals surface area contributed by atoms with E-state index in [9.17, 15) is 4.79 Å². The van der Waals surface area contributed by atoms with E-state index in [2.05, 4.69) is 9.97 Å². The Labute approximate surface area is 117 Å². The number of aromatic amines is 1. The molecule has 0 fully saturated rings. The Bertz CT molecular complexity index is 554. The molecule has 6 nitrogen and oxygen atoms in total. The third-order valence-electron chi connectivity index (χ3n) is 2.81. The van der Waals surface area contributed by atoms with Crippen LogP contribution in [0.4, 0.5) is 5.69 Å². The molecule has 0 radical (unpaired) electrons. The number of imidazole rings is 1. The number of nitrogens with one attached hydrogen (secondary N) is 1. The van der Waals surface area contributed by atoms with Crippen LogP contribution < -0.4 is 10.5 Å². The molecule has 106 valence electrons. The topological polar surface area (TPSA) is 84.2 Å². The Morgan fingerprint density at radius 1 is 1.50 bits per heavy atom. The highest BCUT2D eigenvalue weighted by molar-refractivity contribution is 5.75. The number of nitrogens with two attached hydrogens (primary N) is 1. The number of H-pyrrole nitrogens is 1. The zero-order chi connectivity index (χ0) is 14.4. The molecule has 3 N–H and O–H groups in total. The van der Waals surface area contributed by atoms with Crippen molar-refractivity contribution in [3.05, 3.63) is 42.5 Å². The monoisotopic (exact) mass is 274 g/mol. The minimum absolute atomic E-state index is 0.00491. The molecule has 0 aliphatic carbocycles. The van der Waals surface area contributed by atoms with Crippen LogP contribution in [0.25, 0.3) is 0 Å². The van der Waals surface area contributed by atoms with Crippen LogP contribution in [0.2, 0.25) is 0 Å². The van der Waals surface area contributed by atoms with Crippen LogP contribution in [-0.4, -0.2) is 34.4 Å². The second kappa shape index (κ2) is 6.60. The van der Waals surface area contributed by atoms with E-state index in [0.29, 0.717) is 31.0 Å². The lowest BCUT2D eigenvalue weighted by molar-refractivity contribution is -0.131. The first-order chi connectivity index (χ1) is 9.65. The van der Waals surface area contributed by atoms with Crippen LogP contribution in [-0.2, 0) is 11.3 Å². The highest BCUT2D eigenvalue weighted by Gasteiger charge is 2.10. The smallest absolute Gasteiger partial charge is 0.226 e. The maximum atomic E-state index is 11.9. The van der Waals surface area contributed by atoms with Crippen LogP contribution in [0.5, 0.6) is 5.75 Å². The number of carbonyl (C=O) groups excluding carboxylic acids is 1. The quantitative estimate of drug-likeness (QED) is 0.780. The van der Waals surface area contributed by atoms with Gasteiger partial charge in [0.15, 0.2) is 0 Å². The summed E-state index contributed by atoms with van der Waals surface area (Å²) in [4.78, 5) is 20.6. The molecule has 1 aromatic carbocycles. The highest BCUT2D eigenvalue weighted by Crippen LogP contribution is 2.14. The molecule has 2 aromatic rings. The second-order valence-electron chi connectivity index (χ2n) is 4.46. The summed E-state index contributed by atoms with van der Waals surface area (Å²) >= 11 is 0. The summed E-state index contributed by atoms with van der Waals surface area (Å²) < 4.78 is 5.49. The molecule has 2 rings (SSSR count). The fourth-order valence-electron chi connectivity index (χ4n) is 1.75. The Balaban J connectivity index is 1.74. The van der Waals surface area contributed by atoms with E-state index >= 15 is 0 Å². The van der Waals surface area contributed by atoms with Crippen molar-refractivity contribution >= 4 is 11.6 Å². The molecular weight excluding hydrogens is 256 g/mol. The van der Waals surface area contributed by atoms with Gasteiger partial charge in [0, 0.05) is 31.2 Å². The lowest BCUT2D eigenvalue weighted by Crippen LogP contribution is -2.27. The zero-order valence-corrected chi connectivity index (χ0v) is 11.4. The standard InChI is InChI=1S/C14H18N4O2/c1-18(10-13-16-6-7-17-13)14(19)5-8-20-12-4-2-3-11(15)9-12/h2-4,6-7,9H,5,8,10,15H2,1H3,(H,16,17). The molecule has 20 heavy (non-hydrogen) atoms. The van der Waals surface area contributed by atoms with Crippen molar-refractivity contribution in [3.63, 3.8) is 0 Å². The molecule has 1 amide bonds. The molecule has 0 bridgehead atoms. The zero-order valence-electron chi connectivity index (χ0n) is 11.4. The Hall–Kier alpha value is -2.50. The van der Waals surface area contributed by atoms with Crippen molar-refractivity contribution in [1.29, 1.82) is 0 Å². The molecule has 0 aliphatic heterocycles. The molecule has 0 unspecified atom stereocenters. The van der Waals surface area contributed by atoms with Gasteiger partial charge in [0.2, 0.25) is 5.91 Å². The number of hydrogen-bond acceptors (Lipinski definition) is 4. The minimum Gasteiger partial charge on any atom is -0.493 e. The molecule has 0 aliphatic rings. The van der Waals surface area contributed by atoms with Crippen molar-refractivity contribution in [2.75, 3.05) is 19.4 Å². The summed E-state index contributed by atoms with van der Waals surface area (Å²) in [5, 5.41) is 0. The highest BCUT2D eigenvalue weighted by atomic mass is 16.5. The minimum atomic E-state index is 0.00491.